The zero-order valence-corrected chi connectivity index (χ0v) is 10.2. The maximum atomic E-state index is 12.7. The summed E-state index contributed by atoms with van der Waals surface area (Å²) in [5.74, 6) is 0. The summed E-state index contributed by atoms with van der Waals surface area (Å²) in [6.07, 6.45) is 1.68. The van der Waals surface area contributed by atoms with Crippen molar-refractivity contribution in [1.82, 2.24) is 14.6 Å². The molecule has 2 aromatic rings. The smallest absolute Gasteiger partial charge is 0.306 e. The Hall–Kier alpha value is -2.31. The van der Waals surface area contributed by atoms with Crippen LogP contribution in [0.2, 0.25) is 0 Å². The van der Waals surface area contributed by atoms with Crippen molar-refractivity contribution in [2.45, 2.75) is 19.0 Å². The molecule has 1 aliphatic carbocycles. The fourth-order valence-corrected chi connectivity index (χ4v) is 2.24. The Morgan fingerprint density at radius 1 is 1.35 bits per heavy atom. The number of nitrogens with one attached hydrogen (secondary N) is 1. The molecular weight excluding hydrogens is 271 g/mol. The lowest BCUT2D eigenvalue weighted by molar-refractivity contribution is -0.0885. The lowest BCUT2D eigenvalue weighted by Gasteiger charge is -2.15. The molecule has 0 spiro atoms. The fourth-order valence-electron chi connectivity index (χ4n) is 2.24. The summed E-state index contributed by atoms with van der Waals surface area (Å²) < 4.78 is 39.7. The van der Waals surface area contributed by atoms with Crippen LogP contribution in [0.3, 0.4) is 0 Å². The third-order valence-electron chi connectivity index (χ3n) is 3.19. The minimum absolute atomic E-state index is 0.315. The summed E-state index contributed by atoms with van der Waals surface area (Å²) in [4.78, 5) is 13.9. The number of hydrogen-bond donors (Lipinski definition) is 1. The zero-order chi connectivity index (χ0) is 14.3. The van der Waals surface area contributed by atoms with Crippen molar-refractivity contribution in [3.63, 3.8) is 0 Å². The van der Waals surface area contributed by atoms with E-state index in [0.717, 1.165) is 6.08 Å². The molecule has 0 fully saturated rings. The van der Waals surface area contributed by atoms with Gasteiger partial charge in [-0.2, -0.15) is 18.3 Å². The van der Waals surface area contributed by atoms with Gasteiger partial charge in [0.05, 0.1) is 11.8 Å². The van der Waals surface area contributed by atoms with E-state index >= 15 is 0 Å². The molecule has 0 aromatic carbocycles. The Bertz CT molecular complexity index is 780. The van der Waals surface area contributed by atoms with Crippen molar-refractivity contribution >= 4 is 11.2 Å². The average molecular weight is 281 g/mol. The summed E-state index contributed by atoms with van der Waals surface area (Å²) in [6, 6.07) is 1.31. The Labute approximate surface area is 111 Å². The summed E-state index contributed by atoms with van der Waals surface area (Å²) in [5, 5.41) is 4.03. The molecule has 2 aromatic heterocycles. The van der Waals surface area contributed by atoms with Gasteiger partial charge >= 0.3 is 6.18 Å². The highest BCUT2D eigenvalue weighted by Gasteiger charge is 2.33. The first-order valence-corrected chi connectivity index (χ1v) is 6.00. The molecule has 2 heterocycles. The van der Waals surface area contributed by atoms with Crippen molar-refractivity contribution in [1.29, 1.82) is 0 Å². The van der Waals surface area contributed by atoms with E-state index in [0.29, 0.717) is 29.6 Å². The molecule has 104 valence electrons. The van der Waals surface area contributed by atoms with E-state index in [9.17, 15) is 18.0 Å². The Balaban J connectivity index is 2.12. The number of fused-ring (bicyclic) bond motifs is 1. The van der Waals surface area contributed by atoms with Crippen molar-refractivity contribution in [3.8, 4) is 0 Å². The molecule has 0 atom stereocenters. The highest BCUT2D eigenvalue weighted by atomic mass is 19.4. The largest absolute Gasteiger partial charge is 0.416 e. The van der Waals surface area contributed by atoms with Crippen LogP contribution in [0.5, 0.6) is 0 Å². The van der Waals surface area contributed by atoms with Gasteiger partial charge in [0.25, 0.3) is 5.56 Å². The van der Waals surface area contributed by atoms with Crippen molar-refractivity contribution in [2.75, 3.05) is 0 Å². The molecule has 7 heteroatoms. The van der Waals surface area contributed by atoms with Crippen LogP contribution in [-0.4, -0.2) is 20.8 Å². The number of nitrogens with zero attached hydrogens (tertiary/aromatic N) is 2. The fraction of sp³-hybridized carbons (Fsp3) is 0.231. The third kappa shape index (κ3) is 2.15. The molecule has 1 N–H and O–H groups in total. The van der Waals surface area contributed by atoms with E-state index in [1.165, 1.54) is 29.1 Å². The van der Waals surface area contributed by atoms with Crippen molar-refractivity contribution in [2.24, 2.45) is 0 Å². The van der Waals surface area contributed by atoms with Crippen LogP contribution in [0, 0.1) is 0 Å². The summed E-state index contributed by atoms with van der Waals surface area (Å²) in [5.41, 5.74) is 0.486. The second-order valence-corrected chi connectivity index (χ2v) is 4.52. The summed E-state index contributed by atoms with van der Waals surface area (Å²) in [6.45, 7) is 0. The van der Waals surface area contributed by atoms with Crippen LogP contribution >= 0.6 is 0 Å². The number of alkyl halides is 3. The van der Waals surface area contributed by atoms with Gasteiger partial charge in [-0.1, -0.05) is 6.08 Å². The Morgan fingerprint density at radius 3 is 2.90 bits per heavy atom. The lowest BCUT2D eigenvalue weighted by atomic mass is 9.95. The van der Waals surface area contributed by atoms with Crippen LogP contribution in [0.4, 0.5) is 13.2 Å². The van der Waals surface area contributed by atoms with E-state index in [-0.39, 0.29) is 5.56 Å². The number of H-pyrrole nitrogens is 1. The number of hydrogen-bond acceptors (Lipinski definition) is 2. The predicted molar refractivity (Wildman–Crippen MR) is 67.2 cm³/mol. The molecule has 20 heavy (non-hydrogen) atoms. The molecule has 0 saturated heterocycles. The summed E-state index contributed by atoms with van der Waals surface area (Å²) >= 11 is 0. The standard InChI is InChI=1S/C13H10F3N3O/c14-13(15,16)9-3-1-2-8(6-9)10-7-17-19-5-4-11(20)18-12(10)19/h3-7H,1-2H2,(H,18,20). The van der Waals surface area contributed by atoms with Crippen LogP contribution in [-0.2, 0) is 0 Å². The first kappa shape index (κ1) is 12.7. The topological polar surface area (TPSA) is 50.2 Å². The predicted octanol–water partition coefficient (Wildman–Crippen LogP) is 2.69. The van der Waals surface area contributed by atoms with Gasteiger partial charge in [0.15, 0.2) is 0 Å². The SMILES string of the molecule is O=c1ccn2ncc(C3=CC(C(F)(F)F)=CCC3)c2[nH]1. The van der Waals surface area contributed by atoms with Gasteiger partial charge in [-0.3, -0.25) is 4.79 Å². The maximum absolute atomic E-state index is 12.7. The molecule has 1 aliphatic rings. The molecule has 0 bridgehead atoms. The zero-order valence-electron chi connectivity index (χ0n) is 10.2. The first-order valence-electron chi connectivity index (χ1n) is 6.00. The van der Waals surface area contributed by atoms with Gasteiger partial charge in [0.2, 0.25) is 0 Å². The quantitative estimate of drug-likeness (QED) is 0.873. The number of aromatic nitrogens is 3. The van der Waals surface area contributed by atoms with Gasteiger partial charge < -0.3 is 4.98 Å². The van der Waals surface area contributed by atoms with E-state index in [2.05, 4.69) is 10.1 Å². The second-order valence-electron chi connectivity index (χ2n) is 4.52. The van der Waals surface area contributed by atoms with E-state index in [1.807, 2.05) is 0 Å². The number of rotatable bonds is 1. The van der Waals surface area contributed by atoms with E-state index in [4.69, 9.17) is 0 Å². The van der Waals surface area contributed by atoms with Crippen LogP contribution in [0.15, 0.2) is 41.0 Å². The first-order chi connectivity index (χ1) is 9.45. The molecule has 3 rings (SSSR count). The number of aromatic amines is 1. The van der Waals surface area contributed by atoms with Gasteiger partial charge in [-0.15, -0.1) is 0 Å². The molecule has 0 amide bonds. The molecule has 0 unspecified atom stereocenters. The van der Waals surface area contributed by atoms with Crippen molar-refractivity contribution < 1.29 is 13.2 Å². The van der Waals surface area contributed by atoms with Crippen molar-refractivity contribution in [3.05, 3.63) is 52.1 Å². The monoisotopic (exact) mass is 281 g/mol. The van der Waals surface area contributed by atoms with Gasteiger partial charge in [0, 0.05) is 17.8 Å². The van der Waals surface area contributed by atoms with E-state index in [1.54, 1.807) is 0 Å². The number of allylic oxidation sites excluding steroid dienone is 4. The molecular formula is C13H10F3N3O. The normalized spacial score (nSPS) is 16.1. The molecule has 4 nitrogen and oxygen atoms in total. The highest BCUT2D eigenvalue weighted by Crippen LogP contribution is 2.35. The maximum Gasteiger partial charge on any atom is 0.416 e. The third-order valence-corrected chi connectivity index (χ3v) is 3.19. The van der Waals surface area contributed by atoms with Crippen LogP contribution in [0.1, 0.15) is 18.4 Å². The van der Waals surface area contributed by atoms with Gasteiger partial charge in [-0.25, -0.2) is 4.52 Å². The minimum atomic E-state index is -4.36. The molecule has 0 radical (unpaired) electrons. The molecule has 0 aliphatic heterocycles. The van der Waals surface area contributed by atoms with Gasteiger partial charge in [0.1, 0.15) is 5.65 Å². The average Bonchev–Trinajstić information content (AvgIpc) is 2.81. The Kier molecular flexibility index (Phi) is 2.77. The Morgan fingerprint density at radius 2 is 2.15 bits per heavy atom. The van der Waals surface area contributed by atoms with Crippen LogP contribution in [0.25, 0.3) is 11.2 Å². The second kappa shape index (κ2) is 4.36. The van der Waals surface area contributed by atoms with Gasteiger partial charge in [-0.05, 0) is 24.5 Å². The highest BCUT2D eigenvalue weighted by molar-refractivity contribution is 5.78. The minimum Gasteiger partial charge on any atom is -0.306 e. The number of halogens is 3. The molecule has 0 saturated carbocycles. The van der Waals surface area contributed by atoms with Crippen LogP contribution < -0.4 is 5.56 Å². The van der Waals surface area contributed by atoms with E-state index < -0.39 is 11.7 Å². The lowest BCUT2D eigenvalue weighted by Crippen LogP contribution is -2.12. The summed E-state index contributed by atoms with van der Waals surface area (Å²) in [7, 11) is 0.